The molecule has 1 fully saturated rings. The van der Waals surface area contributed by atoms with E-state index in [1.54, 1.807) is 34.4 Å². The van der Waals surface area contributed by atoms with E-state index in [1.165, 1.54) is 0 Å². The predicted octanol–water partition coefficient (Wildman–Crippen LogP) is 2.64. The highest BCUT2D eigenvalue weighted by atomic mass is 32.1. The van der Waals surface area contributed by atoms with Crippen LogP contribution in [0.25, 0.3) is 10.4 Å². The number of rotatable bonds is 5. The average molecular weight is 420 g/mol. The number of nitrogens with zero attached hydrogens (tertiary/aromatic N) is 4. The molecule has 30 heavy (non-hydrogen) atoms. The van der Waals surface area contributed by atoms with Gasteiger partial charge in [0.25, 0.3) is 0 Å². The SMILES string of the molecule is Cc1ncsc1-c1ccc(CNC(=O)C2CC(O)CN2c2cccc(C#N)n2)cc1. The third-order valence-corrected chi connectivity index (χ3v) is 6.13. The van der Waals surface area contributed by atoms with Crippen LogP contribution in [-0.4, -0.2) is 39.7 Å². The highest BCUT2D eigenvalue weighted by molar-refractivity contribution is 7.13. The number of nitrogens with one attached hydrogen (secondary N) is 1. The van der Waals surface area contributed by atoms with Gasteiger partial charge in [-0.1, -0.05) is 30.3 Å². The summed E-state index contributed by atoms with van der Waals surface area (Å²) in [6.07, 6.45) is -0.288. The summed E-state index contributed by atoms with van der Waals surface area (Å²) in [4.78, 5) is 24.3. The Labute approximate surface area is 178 Å². The zero-order valence-electron chi connectivity index (χ0n) is 16.4. The molecule has 0 saturated carbocycles. The van der Waals surface area contributed by atoms with Gasteiger partial charge in [0.05, 0.1) is 22.2 Å². The number of anilines is 1. The molecule has 3 heterocycles. The van der Waals surface area contributed by atoms with E-state index in [0.29, 0.717) is 25.3 Å². The van der Waals surface area contributed by atoms with E-state index >= 15 is 0 Å². The molecule has 2 N–H and O–H groups in total. The largest absolute Gasteiger partial charge is 0.391 e. The predicted molar refractivity (Wildman–Crippen MR) is 115 cm³/mol. The van der Waals surface area contributed by atoms with Crippen molar-refractivity contribution in [1.29, 1.82) is 5.26 Å². The smallest absolute Gasteiger partial charge is 0.243 e. The number of hydrogen-bond acceptors (Lipinski definition) is 7. The molecule has 2 aromatic heterocycles. The van der Waals surface area contributed by atoms with Crippen molar-refractivity contribution in [3.63, 3.8) is 0 Å². The average Bonchev–Trinajstić information content (AvgIpc) is 3.38. The first kappa shape index (κ1) is 20.0. The highest BCUT2D eigenvalue weighted by Gasteiger charge is 2.36. The number of aromatic nitrogens is 2. The molecule has 8 heteroatoms. The molecule has 2 atom stereocenters. The fraction of sp³-hybridized carbons (Fsp3) is 0.273. The summed E-state index contributed by atoms with van der Waals surface area (Å²) in [5, 5.41) is 22.2. The summed E-state index contributed by atoms with van der Waals surface area (Å²) >= 11 is 1.61. The molecule has 1 aromatic carbocycles. The van der Waals surface area contributed by atoms with Crippen LogP contribution in [0.4, 0.5) is 5.82 Å². The fourth-order valence-corrected chi connectivity index (χ4v) is 4.43. The van der Waals surface area contributed by atoms with Crippen molar-refractivity contribution in [2.45, 2.75) is 32.0 Å². The van der Waals surface area contributed by atoms with E-state index in [4.69, 9.17) is 5.26 Å². The number of carbonyl (C=O) groups excluding carboxylic acids is 1. The van der Waals surface area contributed by atoms with Crippen LogP contribution >= 0.6 is 11.3 Å². The molecule has 1 amide bonds. The maximum absolute atomic E-state index is 12.8. The van der Waals surface area contributed by atoms with Gasteiger partial charge in [-0.05, 0) is 30.2 Å². The fourth-order valence-electron chi connectivity index (χ4n) is 3.62. The lowest BCUT2D eigenvalue weighted by molar-refractivity contribution is -0.122. The summed E-state index contributed by atoms with van der Waals surface area (Å²) in [6.45, 7) is 2.69. The van der Waals surface area contributed by atoms with Crippen LogP contribution in [0.1, 0.15) is 23.4 Å². The van der Waals surface area contributed by atoms with Crippen molar-refractivity contribution in [1.82, 2.24) is 15.3 Å². The quantitative estimate of drug-likeness (QED) is 0.659. The van der Waals surface area contributed by atoms with Crippen molar-refractivity contribution >= 4 is 23.1 Å². The molecule has 1 aliphatic heterocycles. The van der Waals surface area contributed by atoms with E-state index in [-0.39, 0.29) is 11.6 Å². The van der Waals surface area contributed by atoms with Crippen molar-refractivity contribution in [2.75, 3.05) is 11.4 Å². The lowest BCUT2D eigenvalue weighted by atomic mass is 10.1. The van der Waals surface area contributed by atoms with Crippen LogP contribution in [0.15, 0.2) is 48.0 Å². The van der Waals surface area contributed by atoms with E-state index in [1.807, 2.05) is 42.8 Å². The first-order chi connectivity index (χ1) is 14.5. The molecule has 0 radical (unpaired) electrons. The minimum Gasteiger partial charge on any atom is -0.391 e. The lowest BCUT2D eigenvalue weighted by Gasteiger charge is -2.24. The number of thiazole rings is 1. The molecular formula is C22H21N5O2S. The Morgan fingerprint density at radius 2 is 2.13 bits per heavy atom. The maximum atomic E-state index is 12.8. The molecule has 152 valence electrons. The van der Waals surface area contributed by atoms with Crippen LogP contribution in [0.5, 0.6) is 0 Å². The van der Waals surface area contributed by atoms with Gasteiger partial charge in [0.15, 0.2) is 0 Å². The zero-order valence-corrected chi connectivity index (χ0v) is 17.3. The Morgan fingerprint density at radius 3 is 2.83 bits per heavy atom. The summed E-state index contributed by atoms with van der Waals surface area (Å²) in [5.74, 6) is 0.355. The maximum Gasteiger partial charge on any atom is 0.243 e. The Hall–Kier alpha value is -3.28. The standard InChI is InChI=1S/C22H21N5O2S/c1-14-21(30-13-25-14)16-7-5-15(6-8-16)11-24-22(29)19-9-18(28)12-27(19)20-4-2-3-17(10-23)26-20/h2-8,13,18-19,28H,9,11-12H2,1H3,(H,24,29). The summed E-state index contributed by atoms with van der Waals surface area (Å²) in [5.41, 5.74) is 5.23. The van der Waals surface area contributed by atoms with Gasteiger partial charge in [0.1, 0.15) is 23.6 Å². The van der Waals surface area contributed by atoms with Gasteiger partial charge >= 0.3 is 0 Å². The second-order valence-corrected chi connectivity index (χ2v) is 8.09. The molecule has 7 nitrogen and oxygen atoms in total. The second kappa shape index (κ2) is 8.61. The van der Waals surface area contributed by atoms with E-state index in [9.17, 15) is 9.90 Å². The topological polar surface area (TPSA) is 102 Å². The number of benzene rings is 1. The Morgan fingerprint density at radius 1 is 1.33 bits per heavy atom. The van der Waals surface area contributed by atoms with Crippen LogP contribution in [0.3, 0.4) is 0 Å². The lowest BCUT2D eigenvalue weighted by Crippen LogP contribution is -2.43. The first-order valence-corrected chi connectivity index (χ1v) is 10.5. The number of amides is 1. The van der Waals surface area contributed by atoms with Gasteiger partial charge in [-0.2, -0.15) is 5.26 Å². The Kier molecular flexibility index (Phi) is 5.74. The van der Waals surface area contributed by atoms with Crippen molar-refractivity contribution in [3.8, 4) is 16.5 Å². The van der Waals surface area contributed by atoms with Crippen molar-refractivity contribution < 1.29 is 9.90 Å². The third-order valence-electron chi connectivity index (χ3n) is 5.15. The molecule has 1 saturated heterocycles. The van der Waals surface area contributed by atoms with Crippen LogP contribution in [0, 0.1) is 18.3 Å². The molecule has 1 aliphatic rings. The number of aliphatic hydroxyl groups excluding tert-OH is 1. The van der Waals surface area contributed by atoms with Gasteiger partial charge in [-0.3, -0.25) is 4.79 Å². The van der Waals surface area contributed by atoms with E-state index < -0.39 is 12.1 Å². The van der Waals surface area contributed by atoms with Crippen LogP contribution in [0.2, 0.25) is 0 Å². The molecule has 0 aliphatic carbocycles. The van der Waals surface area contributed by atoms with Gasteiger partial charge in [-0.15, -0.1) is 11.3 Å². The summed E-state index contributed by atoms with van der Waals surface area (Å²) < 4.78 is 0. The monoisotopic (exact) mass is 419 g/mol. The molecule has 4 rings (SSSR count). The van der Waals surface area contributed by atoms with Crippen molar-refractivity contribution in [3.05, 3.63) is 64.9 Å². The third kappa shape index (κ3) is 4.17. The molecule has 0 bridgehead atoms. The minimum atomic E-state index is -0.616. The molecule has 3 aromatic rings. The number of carbonyl (C=O) groups is 1. The van der Waals surface area contributed by atoms with Crippen molar-refractivity contribution in [2.24, 2.45) is 0 Å². The Balaban J connectivity index is 1.42. The number of aliphatic hydroxyl groups is 1. The molecule has 2 unspecified atom stereocenters. The van der Waals surface area contributed by atoms with Gasteiger partial charge in [0.2, 0.25) is 5.91 Å². The Bertz CT molecular complexity index is 1090. The first-order valence-electron chi connectivity index (χ1n) is 9.64. The number of pyridine rings is 1. The van der Waals surface area contributed by atoms with Crippen LogP contribution in [-0.2, 0) is 11.3 Å². The minimum absolute atomic E-state index is 0.168. The van der Waals surface area contributed by atoms with Gasteiger partial charge in [-0.25, -0.2) is 9.97 Å². The number of β-amino-alcohol motifs (C(OH)–C–C–N with tert-alkyl or cyclic N) is 1. The second-order valence-electron chi connectivity index (χ2n) is 7.23. The van der Waals surface area contributed by atoms with E-state index in [2.05, 4.69) is 15.3 Å². The summed E-state index contributed by atoms with van der Waals surface area (Å²) in [6, 6.07) is 14.6. The zero-order chi connectivity index (χ0) is 21.1. The normalized spacial score (nSPS) is 18.2. The van der Waals surface area contributed by atoms with Gasteiger partial charge in [0, 0.05) is 19.5 Å². The van der Waals surface area contributed by atoms with Crippen LogP contribution < -0.4 is 10.2 Å². The highest BCUT2D eigenvalue weighted by Crippen LogP contribution is 2.27. The summed E-state index contributed by atoms with van der Waals surface area (Å²) in [7, 11) is 0. The molecule has 0 spiro atoms. The van der Waals surface area contributed by atoms with E-state index in [0.717, 1.165) is 21.7 Å². The van der Waals surface area contributed by atoms with Gasteiger partial charge < -0.3 is 15.3 Å². The molecular weight excluding hydrogens is 398 g/mol. The number of aryl methyl sites for hydroxylation is 1. The number of hydrogen-bond donors (Lipinski definition) is 2. The number of nitriles is 1.